The van der Waals surface area contributed by atoms with Crippen molar-refractivity contribution >= 4 is 33.3 Å². The SMILES string of the molecule is CCNc1nc(NCc2ccco2)c2ccsc2n1. The van der Waals surface area contributed by atoms with Gasteiger partial charge in [0.1, 0.15) is 16.4 Å². The first-order chi connectivity index (χ1) is 9.36. The molecule has 0 amide bonds. The molecular formula is C13H14N4OS. The van der Waals surface area contributed by atoms with Crippen LogP contribution in [0.5, 0.6) is 0 Å². The second kappa shape index (κ2) is 5.27. The number of rotatable bonds is 5. The zero-order valence-electron chi connectivity index (χ0n) is 10.5. The summed E-state index contributed by atoms with van der Waals surface area (Å²) in [6.45, 7) is 3.44. The fourth-order valence-electron chi connectivity index (χ4n) is 1.81. The highest BCUT2D eigenvalue weighted by molar-refractivity contribution is 7.16. The Bertz CT molecular complexity index is 662. The third-order valence-electron chi connectivity index (χ3n) is 2.67. The summed E-state index contributed by atoms with van der Waals surface area (Å²) in [7, 11) is 0. The number of fused-ring (bicyclic) bond motifs is 1. The number of furan rings is 1. The standard InChI is InChI=1S/C13H14N4OS/c1-2-14-13-16-11(10-5-7-19-12(10)17-13)15-8-9-4-3-6-18-9/h3-7H,2,8H2,1H3,(H2,14,15,16,17). The molecule has 0 unspecified atom stereocenters. The third kappa shape index (κ3) is 2.53. The number of anilines is 2. The number of hydrogen-bond acceptors (Lipinski definition) is 6. The van der Waals surface area contributed by atoms with Gasteiger partial charge in [0.05, 0.1) is 18.2 Å². The molecule has 6 heteroatoms. The molecule has 0 fully saturated rings. The molecule has 2 N–H and O–H groups in total. The van der Waals surface area contributed by atoms with Gasteiger partial charge in [0.25, 0.3) is 0 Å². The van der Waals surface area contributed by atoms with E-state index in [0.29, 0.717) is 12.5 Å². The van der Waals surface area contributed by atoms with Crippen LogP contribution in [0.1, 0.15) is 12.7 Å². The van der Waals surface area contributed by atoms with Crippen LogP contribution in [0.3, 0.4) is 0 Å². The van der Waals surface area contributed by atoms with E-state index in [1.54, 1.807) is 17.6 Å². The zero-order chi connectivity index (χ0) is 13.1. The summed E-state index contributed by atoms with van der Waals surface area (Å²) in [6.07, 6.45) is 1.67. The normalized spacial score (nSPS) is 10.8. The lowest BCUT2D eigenvalue weighted by Gasteiger charge is -2.08. The highest BCUT2D eigenvalue weighted by atomic mass is 32.1. The molecule has 0 saturated carbocycles. The van der Waals surface area contributed by atoms with Crippen molar-refractivity contribution in [1.29, 1.82) is 0 Å². The molecule has 3 aromatic heterocycles. The van der Waals surface area contributed by atoms with Gasteiger partial charge in [-0.15, -0.1) is 11.3 Å². The summed E-state index contributed by atoms with van der Waals surface area (Å²) >= 11 is 1.61. The van der Waals surface area contributed by atoms with Gasteiger partial charge in [-0.1, -0.05) is 0 Å². The Labute approximate surface area is 114 Å². The Morgan fingerprint density at radius 1 is 1.26 bits per heavy atom. The van der Waals surface area contributed by atoms with Crippen molar-refractivity contribution < 1.29 is 4.42 Å². The lowest BCUT2D eigenvalue weighted by molar-refractivity contribution is 0.518. The minimum absolute atomic E-state index is 0.612. The van der Waals surface area contributed by atoms with Crippen LogP contribution in [0.4, 0.5) is 11.8 Å². The molecule has 0 atom stereocenters. The molecule has 0 spiro atoms. The van der Waals surface area contributed by atoms with Crippen molar-refractivity contribution in [2.45, 2.75) is 13.5 Å². The van der Waals surface area contributed by atoms with Gasteiger partial charge in [-0.3, -0.25) is 0 Å². The van der Waals surface area contributed by atoms with Crippen LogP contribution in [-0.2, 0) is 6.54 Å². The largest absolute Gasteiger partial charge is 0.467 e. The van der Waals surface area contributed by atoms with Crippen molar-refractivity contribution in [3.05, 3.63) is 35.6 Å². The Morgan fingerprint density at radius 3 is 3.00 bits per heavy atom. The molecular weight excluding hydrogens is 260 g/mol. The topological polar surface area (TPSA) is 63.0 Å². The van der Waals surface area contributed by atoms with Gasteiger partial charge >= 0.3 is 0 Å². The number of thiophene rings is 1. The van der Waals surface area contributed by atoms with Crippen LogP contribution in [0.15, 0.2) is 34.3 Å². The number of nitrogens with zero attached hydrogens (tertiary/aromatic N) is 2. The maximum atomic E-state index is 5.31. The predicted octanol–water partition coefficient (Wildman–Crippen LogP) is 3.33. The minimum Gasteiger partial charge on any atom is -0.467 e. The van der Waals surface area contributed by atoms with Gasteiger partial charge in [0, 0.05) is 6.54 Å². The maximum absolute atomic E-state index is 5.31. The van der Waals surface area contributed by atoms with Crippen molar-refractivity contribution in [3.8, 4) is 0 Å². The average Bonchev–Trinajstić information content (AvgIpc) is 3.07. The average molecular weight is 274 g/mol. The van der Waals surface area contributed by atoms with Crippen LogP contribution in [0, 0.1) is 0 Å². The lowest BCUT2D eigenvalue weighted by atomic mass is 10.3. The molecule has 98 valence electrons. The van der Waals surface area contributed by atoms with Crippen molar-refractivity contribution in [2.24, 2.45) is 0 Å². The summed E-state index contributed by atoms with van der Waals surface area (Å²) in [6, 6.07) is 5.84. The van der Waals surface area contributed by atoms with Crippen molar-refractivity contribution in [3.63, 3.8) is 0 Å². The first-order valence-corrected chi connectivity index (χ1v) is 7.00. The molecule has 0 saturated heterocycles. The van der Waals surface area contributed by atoms with E-state index >= 15 is 0 Å². The van der Waals surface area contributed by atoms with E-state index in [2.05, 4.69) is 20.6 Å². The molecule has 3 aromatic rings. The highest BCUT2D eigenvalue weighted by Crippen LogP contribution is 2.26. The van der Waals surface area contributed by atoms with Crippen LogP contribution < -0.4 is 10.6 Å². The van der Waals surface area contributed by atoms with Gasteiger partial charge in [-0.25, -0.2) is 4.98 Å². The summed E-state index contributed by atoms with van der Waals surface area (Å²) in [4.78, 5) is 9.94. The van der Waals surface area contributed by atoms with E-state index in [-0.39, 0.29) is 0 Å². The van der Waals surface area contributed by atoms with E-state index in [0.717, 1.165) is 28.3 Å². The van der Waals surface area contributed by atoms with Crippen molar-refractivity contribution in [1.82, 2.24) is 9.97 Å². The van der Waals surface area contributed by atoms with Gasteiger partial charge in [-0.2, -0.15) is 4.98 Å². The Morgan fingerprint density at radius 2 is 2.21 bits per heavy atom. The molecule has 0 bridgehead atoms. The van der Waals surface area contributed by atoms with Gasteiger partial charge in [0.15, 0.2) is 0 Å². The van der Waals surface area contributed by atoms with E-state index in [4.69, 9.17) is 4.42 Å². The predicted molar refractivity (Wildman–Crippen MR) is 77.6 cm³/mol. The van der Waals surface area contributed by atoms with Gasteiger partial charge < -0.3 is 15.1 Å². The van der Waals surface area contributed by atoms with Gasteiger partial charge in [-0.05, 0) is 30.5 Å². The fraction of sp³-hybridized carbons (Fsp3) is 0.231. The summed E-state index contributed by atoms with van der Waals surface area (Å²) in [5.41, 5.74) is 0. The summed E-state index contributed by atoms with van der Waals surface area (Å²) in [5.74, 6) is 2.37. The van der Waals surface area contributed by atoms with Crippen LogP contribution >= 0.6 is 11.3 Å². The summed E-state index contributed by atoms with van der Waals surface area (Å²) in [5, 5.41) is 9.50. The van der Waals surface area contributed by atoms with Crippen LogP contribution in [0.25, 0.3) is 10.2 Å². The smallest absolute Gasteiger partial charge is 0.226 e. The van der Waals surface area contributed by atoms with Crippen molar-refractivity contribution in [2.75, 3.05) is 17.2 Å². The Hall–Kier alpha value is -2.08. The van der Waals surface area contributed by atoms with E-state index in [1.165, 1.54) is 0 Å². The highest BCUT2D eigenvalue weighted by Gasteiger charge is 2.08. The Kier molecular flexibility index (Phi) is 3.33. The number of aromatic nitrogens is 2. The minimum atomic E-state index is 0.612. The molecule has 0 radical (unpaired) electrons. The zero-order valence-corrected chi connectivity index (χ0v) is 11.3. The van der Waals surface area contributed by atoms with E-state index in [9.17, 15) is 0 Å². The molecule has 3 heterocycles. The molecule has 0 aliphatic heterocycles. The third-order valence-corrected chi connectivity index (χ3v) is 3.48. The van der Waals surface area contributed by atoms with Crippen LogP contribution in [-0.4, -0.2) is 16.5 Å². The second-order valence-electron chi connectivity index (χ2n) is 4.00. The van der Waals surface area contributed by atoms with E-state index < -0.39 is 0 Å². The maximum Gasteiger partial charge on any atom is 0.226 e. The molecule has 0 aliphatic rings. The van der Waals surface area contributed by atoms with Crippen LogP contribution in [0.2, 0.25) is 0 Å². The lowest BCUT2D eigenvalue weighted by Crippen LogP contribution is -2.06. The molecule has 19 heavy (non-hydrogen) atoms. The van der Waals surface area contributed by atoms with Gasteiger partial charge in [0.2, 0.25) is 5.95 Å². The number of nitrogens with one attached hydrogen (secondary N) is 2. The monoisotopic (exact) mass is 274 g/mol. The number of hydrogen-bond donors (Lipinski definition) is 2. The Balaban J connectivity index is 1.89. The second-order valence-corrected chi connectivity index (χ2v) is 4.89. The fourth-order valence-corrected chi connectivity index (χ4v) is 2.58. The molecule has 0 aliphatic carbocycles. The molecule has 0 aromatic carbocycles. The quantitative estimate of drug-likeness (QED) is 0.747. The first-order valence-electron chi connectivity index (χ1n) is 6.12. The molecule has 3 rings (SSSR count). The first kappa shape index (κ1) is 12.0. The molecule has 5 nitrogen and oxygen atoms in total. The van der Waals surface area contributed by atoms with E-state index in [1.807, 2.05) is 30.5 Å². The summed E-state index contributed by atoms with van der Waals surface area (Å²) < 4.78 is 5.31.